The van der Waals surface area contributed by atoms with Gasteiger partial charge in [-0.3, -0.25) is 0 Å². The van der Waals surface area contributed by atoms with Crippen molar-refractivity contribution in [2.75, 3.05) is 0 Å². The molecule has 0 atom stereocenters. The van der Waals surface area contributed by atoms with Gasteiger partial charge in [-0.25, -0.2) is 4.90 Å². The molecular formula is C36H21N7. The maximum absolute atomic E-state index is 4.91. The van der Waals surface area contributed by atoms with E-state index in [1.54, 1.807) is 4.90 Å². The number of aliphatic imine (C=N–C) groups is 6. The van der Waals surface area contributed by atoms with E-state index in [-0.39, 0.29) is 0 Å². The van der Waals surface area contributed by atoms with Crippen molar-refractivity contribution in [2.45, 2.75) is 0 Å². The Morgan fingerprint density at radius 2 is 0.605 bits per heavy atom. The van der Waals surface area contributed by atoms with Crippen molar-refractivity contribution < 1.29 is 0 Å². The zero-order chi connectivity index (χ0) is 28.3. The van der Waals surface area contributed by atoms with Crippen molar-refractivity contribution >= 4 is 67.7 Å². The third-order valence-electron chi connectivity index (χ3n) is 7.86. The molecule has 7 heteroatoms. The molecule has 3 heterocycles. The van der Waals surface area contributed by atoms with E-state index in [9.17, 15) is 0 Å². The molecule has 0 spiro atoms. The van der Waals surface area contributed by atoms with Gasteiger partial charge in [0, 0.05) is 16.7 Å². The Balaban J connectivity index is 1.23. The minimum Gasteiger partial charge on any atom is -0.213 e. The molecule has 0 saturated carbocycles. The molecule has 0 bridgehead atoms. The first-order valence-electron chi connectivity index (χ1n) is 14.1. The van der Waals surface area contributed by atoms with Crippen LogP contribution in [-0.4, -0.2) is 40.3 Å². The average Bonchev–Trinajstić information content (AvgIpc) is 3.07. The first kappa shape index (κ1) is 23.6. The zero-order valence-electron chi connectivity index (χ0n) is 22.8. The number of hydrogen-bond acceptors (Lipinski definition) is 7. The Labute approximate surface area is 246 Å². The topological polar surface area (TPSA) is 77.4 Å². The predicted molar refractivity (Wildman–Crippen MR) is 176 cm³/mol. The highest BCUT2D eigenvalue weighted by atomic mass is 15.5. The standard InChI is InChI=1S/C36H21N7/c1-4-10-25-19-28(16-13-22(25)7-1)31-37-34-39-32(29-17-14-23-8-2-5-11-26(23)20-29)41-36-42-33(40-35(38-31)43(34)36)30-18-15-24-9-3-6-12-27(24)21-30/h1-21H. The van der Waals surface area contributed by atoms with Crippen LogP contribution >= 0.6 is 0 Å². The second-order valence-corrected chi connectivity index (χ2v) is 10.6. The van der Waals surface area contributed by atoms with Crippen molar-refractivity contribution in [3.05, 3.63) is 144 Å². The molecule has 0 radical (unpaired) electrons. The minimum atomic E-state index is 0.436. The van der Waals surface area contributed by atoms with Crippen LogP contribution < -0.4 is 0 Å². The predicted octanol–water partition coefficient (Wildman–Crippen LogP) is 7.20. The summed E-state index contributed by atoms with van der Waals surface area (Å²) < 4.78 is 0. The van der Waals surface area contributed by atoms with Crippen LogP contribution in [0.3, 0.4) is 0 Å². The molecule has 0 aliphatic carbocycles. The van der Waals surface area contributed by atoms with E-state index in [0.717, 1.165) is 49.0 Å². The molecule has 0 fully saturated rings. The van der Waals surface area contributed by atoms with E-state index in [0.29, 0.717) is 35.4 Å². The number of fused-ring (bicyclic) bond motifs is 3. The molecule has 6 aromatic carbocycles. The molecule has 6 aromatic rings. The lowest BCUT2D eigenvalue weighted by Crippen LogP contribution is -2.48. The van der Waals surface area contributed by atoms with Crippen LogP contribution in [0, 0.1) is 0 Å². The highest BCUT2D eigenvalue weighted by molar-refractivity contribution is 6.34. The second kappa shape index (κ2) is 9.22. The van der Waals surface area contributed by atoms with Gasteiger partial charge < -0.3 is 0 Å². The summed E-state index contributed by atoms with van der Waals surface area (Å²) in [5.74, 6) is 2.93. The fourth-order valence-electron chi connectivity index (χ4n) is 5.66. The van der Waals surface area contributed by atoms with Crippen LogP contribution in [0.1, 0.15) is 16.7 Å². The lowest BCUT2D eigenvalue weighted by atomic mass is 10.1. The Kier molecular flexibility index (Phi) is 5.06. The summed E-state index contributed by atoms with van der Waals surface area (Å²) in [6.07, 6.45) is 0. The lowest BCUT2D eigenvalue weighted by Gasteiger charge is -2.30. The Morgan fingerprint density at radius 1 is 0.302 bits per heavy atom. The molecule has 3 aliphatic rings. The molecule has 3 aliphatic heterocycles. The number of hydrogen-bond donors (Lipinski definition) is 0. The van der Waals surface area contributed by atoms with E-state index >= 15 is 0 Å². The third kappa shape index (κ3) is 3.98. The lowest BCUT2D eigenvalue weighted by molar-refractivity contribution is 0.828. The summed E-state index contributed by atoms with van der Waals surface area (Å²) in [5, 5.41) is 6.80. The maximum atomic E-state index is 4.91. The van der Waals surface area contributed by atoms with Crippen LogP contribution in [0.5, 0.6) is 0 Å². The monoisotopic (exact) mass is 551 g/mol. The summed E-state index contributed by atoms with van der Waals surface area (Å²) >= 11 is 0. The minimum absolute atomic E-state index is 0.436. The third-order valence-corrected chi connectivity index (χ3v) is 7.86. The van der Waals surface area contributed by atoms with Gasteiger partial charge >= 0.3 is 0 Å². The van der Waals surface area contributed by atoms with Crippen molar-refractivity contribution in [2.24, 2.45) is 30.0 Å². The molecule has 0 amide bonds. The summed E-state index contributed by atoms with van der Waals surface area (Å²) in [6, 6.07) is 43.4. The number of rotatable bonds is 3. The first-order chi connectivity index (χ1) is 21.2. The molecular weight excluding hydrogens is 530 g/mol. The van der Waals surface area contributed by atoms with Gasteiger partial charge in [0.05, 0.1) is 0 Å². The molecule has 200 valence electrons. The van der Waals surface area contributed by atoms with Crippen LogP contribution in [0.25, 0.3) is 32.3 Å². The fraction of sp³-hybridized carbons (Fsp3) is 0. The summed E-state index contributed by atoms with van der Waals surface area (Å²) in [7, 11) is 0. The highest BCUT2D eigenvalue weighted by Crippen LogP contribution is 2.26. The van der Waals surface area contributed by atoms with Gasteiger partial charge in [-0.15, -0.1) is 0 Å². The summed E-state index contributed by atoms with van der Waals surface area (Å²) in [6.45, 7) is 0. The van der Waals surface area contributed by atoms with Gasteiger partial charge in [0.1, 0.15) is 0 Å². The average molecular weight is 552 g/mol. The zero-order valence-corrected chi connectivity index (χ0v) is 22.8. The van der Waals surface area contributed by atoms with E-state index in [2.05, 4.69) is 72.8 Å². The van der Waals surface area contributed by atoms with Gasteiger partial charge in [-0.05, 0) is 50.5 Å². The second-order valence-electron chi connectivity index (χ2n) is 10.6. The van der Waals surface area contributed by atoms with Crippen LogP contribution in [0.15, 0.2) is 157 Å². The Bertz CT molecular complexity index is 2090. The van der Waals surface area contributed by atoms with Gasteiger partial charge in [-0.2, -0.15) is 30.0 Å². The Morgan fingerprint density at radius 3 is 0.930 bits per heavy atom. The Hall–Kier alpha value is -6.08. The van der Waals surface area contributed by atoms with Gasteiger partial charge in [-0.1, -0.05) is 109 Å². The van der Waals surface area contributed by atoms with Crippen molar-refractivity contribution in [3.63, 3.8) is 0 Å². The van der Waals surface area contributed by atoms with Crippen molar-refractivity contribution in [1.29, 1.82) is 0 Å². The number of benzene rings is 6. The van der Waals surface area contributed by atoms with Gasteiger partial charge in [0.25, 0.3) is 0 Å². The largest absolute Gasteiger partial charge is 0.243 e. The fourth-order valence-corrected chi connectivity index (χ4v) is 5.66. The van der Waals surface area contributed by atoms with Gasteiger partial charge in [0.2, 0.25) is 17.9 Å². The van der Waals surface area contributed by atoms with Crippen molar-refractivity contribution in [3.8, 4) is 0 Å². The molecule has 9 rings (SSSR count). The van der Waals surface area contributed by atoms with E-state index < -0.39 is 0 Å². The quantitative estimate of drug-likeness (QED) is 0.229. The number of guanidine groups is 3. The molecule has 0 unspecified atom stereocenters. The molecule has 0 saturated heterocycles. The number of amidine groups is 3. The number of nitrogens with zero attached hydrogens (tertiary/aromatic N) is 7. The van der Waals surface area contributed by atoms with Crippen LogP contribution in [-0.2, 0) is 0 Å². The smallest absolute Gasteiger partial charge is 0.213 e. The van der Waals surface area contributed by atoms with Crippen LogP contribution in [0.2, 0.25) is 0 Å². The SMILES string of the molecule is c1ccc2cc(C3=NC4=NC(c5ccc6ccccc6c5)=NC5=NC(c6ccc7ccccc7c6)=NC(=N3)N45)ccc2c1. The van der Waals surface area contributed by atoms with E-state index in [1.807, 2.05) is 54.6 Å². The summed E-state index contributed by atoms with van der Waals surface area (Å²) in [4.78, 5) is 31.2. The van der Waals surface area contributed by atoms with Crippen molar-refractivity contribution in [1.82, 2.24) is 4.90 Å². The van der Waals surface area contributed by atoms with Gasteiger partial charge in [0.15, 0.2) is 17.5 Å². The van der Waals surface area contributed by atoms with E-state index in [1.165, 1.54) is 0 Å². The molecule has 0 N–H and O–H groups in total. The molecule has 7 nitrogen and oxygen atoms in total. The normalized spacial score (nSPS) is 15.8. The van der Waals surface area contributed by atoms with E-state index in [4.69, 9.17) is 30.0 Å². The maximum Gasteiger partial charge on any atom is 0.243 e. The molecule has 0 aromatic heterocycles. The first-order valence-corrected chi connectivity index (χ1v) is 14.1. The highest BCUT2D eigenvalue weighted by Gasteiger charge is 2.35. The summed E-state index contributed by atoms with van der Waals surface area (Å²) in [5.41, 5.74) is 2.65. The molecule has 43 heavy (non-hydrogen) atoms. The van der Waals surface area contributed by atoms with Crippen LogP contribution in [0.4, 0.5) is 0 Å².